The minimum Gasteiger partial charge on any atom is -0.464 e. The summed E-state index contributed by atoms with van der Waals surface area (Å²) in [6, 6.07) is 12.6. The molecule has 3 aromatic heterocycles. The fourth-order valence-corrected chi connectivity index (χ4v) is 10.7. The Morgan fingerprint density at radius 2 is 1.92 bits per heavy atom. The smallest absolute Gasteiger partial charge is 0.411 e. The van der Waals surface area contributed by atoms with Crippen LogP contribution in [0.3, 0.4) is 0 Å². The number of aliphatic imine (C=N–C) groups is 1. The summed E-state index contributed by atoms with van der Waals surface area (Å²) in [6.07, 6.45) is 3.63. The highest BCUT2D eigenvalue weighted by Crippen LogP contribution is 2.54. The molecule has 338 valence electrons. The number of nitrogens with two attached hydrogens (primary N) is 1. The number of hydrogen-bond donors (Lipinski definition) is 3. The number of fused-ring (bicyclic) bond motifs is 6. The molecule has 6 atom stereocenters. The van der Waals surface area contributed by atoms with Crippen LogP contribution in [0.4, 0.5) is 14.0 Å². The molecule has 14 nitrogen and oxygen atoms in total. The lowest BCUT2D eigenvalue weighted by Gasteiger charge is -2.30. The highest BCUT2D eigenvalue weighted by atomic mass is 32.1. The number of halogens is 1. The highest BCUT2D eigenvalue weighted by molar-refractivity contribution is 7.12. The first kappa shape index (κ1) is 43.5. The number of likely N-dealkylation sites (tertiary alicyclic amines) is 2. The molecule has 3 aliphatic heterocycles. The van der Waals surface area contributed by atoms with Crippen LogP contribution in [-0.2, 0) is 14.3 Å². The molecule has 4 aliphatic rings. The highest BCUT2D eigenvalue weighted by Gasteiger charge is 2.56. The van der Waals surface area contributed by atoms with Crippen LogP contribution in [-0.4, -0.2) is 98.6 Å². The Kier molecular flexibility index (Phi) is 11.3. The van der Waals surface area contributed by atoms with Gasteiger partial charge in [-0.1, -0.05) is 19.9 Å². The Balaban J connectivity index is 1.03. The van der Waals surface area contributed by atoms with E-state index in [1.54, 1.807) is 16.2 Å². The molecule has 16 heteroatoms. The molecule has 0 bridgehead atoms. The van der Waals surface area contributed by atoms with Crippen molar-refractivity contribution >= 4 is 46.0 Å². The quantitative estimate of drug-likeness (QED) is 0.117. The molecule has 0 spiro atoms. The first-order valence-electron chi connectivity index (χ1n) is 22.2. The van der Waals surface area contributed by atoms with Crippen molar-refractivity contribution in [3.8, 4) is 28.3 Å². The second-order valence-electron chi connectivity index (χ2n) is 18.9. The van der Waals surface area contributed by atoms with Gasteiger partial charge in [-0.05, 0) is 114 Å². The van der Waals surface area contributed by atoms with Crippen LogP contribution < -0.4 is 15.8 Å². The Bertz CT molecular complexity index is 2660. The number of carbonyl (C=O) groups is 3. The molecule has 1 saturated carbocycles. The Morgan fingerprint density at radius 1 is 1.12 bits per heavy atom. The summed E-state index contributed by atoms with van der Waals surface area (Å²) >= 11 is 1.65. The van der Waals surface area contributed by atoms with Gasteiger partial charge in [0.15, 0.2) is 0 Å². The molecule has 2 saturated heterocycles. The number of imidazole rings is 1. The van der Waals surface area contributed by atoms with Gasteiger partial charge in [0.25, 0.3) is 0 Å². The first-order valence-corrected chi connectivity index (χ1v) is 23.0. The Hall–Kier alpha value is -5.74. The van der Waals surface area contributed by atoms with Crippen molar-refractivity contribution < 1.29 is 33.0 Å². The number of aromatic nitrogens is 3. The van der Waals surface area contributed by atoms with E-state index in [4.69, 9.17) is 29.9 Å². The number of nitrogens with one attached hydrogen (secondary N) is 2. The molecule has 64 heavy (non-hydrogen) atoms. The number of aromatic amines is 1. The van der Waals surface area contributed by atoms with Gasteiger partial charge in [-0.2, -0.15) is 0 Å². The summed E-state index contributed by atoms with van der Waals surface area (Å²) in [6.45, 7) is 14.4. The summed E-state index contributed by atoms with van der Waals surface area (Å²) in [5.74, 6) is 0.761. The van der Waals surface area contributed by atoms with Crippen molar-refractivity contribution in [1.29, 1.82) is 0 Å². The third kappa shape index (κ3) is 8.03. The number of piperidine rings is 1. The molecule has 3 amide bonds. The number of methoxy groups -OCH3 is 1. The van der Waals surface area contributed by atoms with Gasteiger partial charge in [-0.3, -0.25) is 19.3 Å². The number of H-pyrrole nitrogens is 1. The molecule has 1 aliphatic carbocycles. The monoisotopic (exact) mass is 892 g/mol. The predicted octanol–water partition coefficient (Wildman–Crippen LogP) is 8.64. The van der Waals surface area contributed by atoms with Crippen molar-refractivity contribution in [2.45, 2.75) is 110 Å². The van der Waals surface area contributed by atoms with Crippen molar-refractivity contribution in [2.75, 3.05) is 26.7 Å². The molecular formula is C48H57FN8O6S. The molecule has 5 aromatic rings. The Labute approximate surface area is 376 Å². The van der Waals surface area contributed by atoms with Gasteiger partial charge in [0.2, 0.25) is 12.1 Å². The summed E-state index contributed by atoms with van der Waals surface area (Å²) < 4.78 is 36.3. The minimum absolute atomic E-state index is 0.0451. The number of hydrogen-bond acceptors (Lipinski definition) is 10. The van der Waals surface area contributed by atoms with E-state index in [2.05, 4.69) is 40.8 Å². The van der Waals surface area contributed by atoms with E-state index in [0.29, 0.717) is 40.7 Å². The normalized spacial score (nSPS) is 22.0. The minimum atomic E-state index is -0.743. The second-order valence-corrected chi connectivity index (χ2v) is 20.2. The van der Waals surface area contributed by atoms with Gasteiger partial charge < -0.3 is 35.1 Å². The number of aryl methyl sites for hydroxylation is 2. The largest absolute Gasteiger partial charge is 0.464 e. The lowest BCUT2D eigenvalue weighted by Crippen LogP contribution is -2.53. The maximum Gasteiger partial charge on any atom is 0.411 e. The molecule has 4 N–H and O–H groups in total. The van der Waals surface area contributed by atoms with Crippen molar-refractivity contribution in [3.63, 3.8) is 0 Å². The van der Waals surface area contributed by atoms with E-state index >= 15 is 4.39 Å². The zero-order chi connectivity index (χ0) is 45.4. The fraction of sp³-hybridized carbons (Fsp3) is 0.479. The zero-order valence-electron chi connectivity index (χ0n) is 37.7. The van der Waals surface area contributed by atoms with Gasteiger partial charge in [0.05, 0.1) is 65.0 Å². The number of nitrogens with zero attached hydrogens (tertiary/aromatic N) is 5. The molecule has 9 rings (SSSR count). The molecule has 2 aromatic carbocycles. The maximum atomic E-state index is 16.8. The van der Waals surface area contributed by atoms with Gasteiger partial charge >= 0.3 is 12.2 Å². The third-order valence-corrected chi connectivity index (χ3v) is 14.2. The summed E-state index contributed by atoms with van der Waals surface area (Å²) in [5, 5.41) is 3.59. The first-order chi connectivity index (χ1) is 30.5. The standard InChI is InChI=1S/C48H57FN8O6S/c1-24(2)42(54-46(59)61-8)44(58)55-13-9-10-31(55)22-51-33(21-50)28-16-32(49)41-37-18-29-15-27(11-12-35(29)56(37)45(62-39(41)20-28)40-14-25(3)26(4)64-40)34-23-52-43(53-34)38-19-30-17-36(30)57(38)47(60)63-48(5,6)7/h11-12,14-16,18,20,23-24,30-31,36,38,42,45H,9-10,13,17,19,21-22,50H2,1-8H3,(H,52,53)(H,54,59). The third-order valence-electron chi connectivity index (χ3n) is 13.1. The number of benzene rings is 2. The number of alkyl carbamates (subject to hydrolysis) is 1. The van der Waals surface area contributed by atoms with Crippen molar-refractivity contribution in [2.24, 2.45) is 22.6 Å². The average molecular weight is 893 g/mol. The van der Waals surface area contributed by atoms with E-state index in [1.165, 1.54) is 18.1 Å². The van der Waals surface area contributed by atoms with Crippen LogP contribution in [0.5, 0.6) is 5.75 Å². The lowest BCUT2D eigenvalue weighted by molar-refractivity contribution is -0.135. The van der Waals surface area contributed by atoms with Gasteiger partial charge in [-0.25, -0.2) is 19.0 Å². The van der Waals surface area contributed by atoms with E-state index in [0.717, 1.165) is 64.1 Å². The average Bonchev–Trinajstić information content (AvgIpc) is 3.83. The number of ether oxygens (including phenoxy) is 3. The SMILES string of the molecule is COC(=O)NC(C(=O)N1CCCC1CN=C(CN)c1cc(F)c2c(c1)OC(c1cc(C)c(C)s1)n1c-2cc2cc(-c3cnc(C4CC5CC5N4C(=O)OC(C)(C)C)[nH]3)ccc21)C(C)C. The van der Waals surface area contributed by atoms with Crippen LogP contribution in [0.25, 0.3) is 33.4 Å². The molecule has 3 fully saturated rings. The second kappa shape index (κ2) is 16.7. The van der Waals surface area contributed by atoms with Gasteiger partial charge in [0, 0.05) is 40.5 Å². The van der Waals surface area contributed by atoms with Crippen molar-refractivity contribution in [1.82, 2.24) is 29.7 Å². The van der Waals surface area contributed by atoms with E-state index < -0.39 is 29.8 Å². The molecule has 0 radical (unpaired) electrons. The Morgan fingerprint density at radius 3 is 2.62 bits per heavy atom. The van der Waals surface area contributed by atoms with E-state index in [9.17, 15) is 14.4 Å². The fourth-order valence-electron chi connectivity index (χ4n) is 9.63. The van der Waals surface area contributed by atoms with Crippen LogP contribution in [0.15, 0.2) is 53.7 Å². The molecular weight excluding hydrogens is 836 g/mol. The van der Waals surface area contributed by atoms with E-state index in [1.807, 2.05) is 70.0 Å². The predicted molar refractivity (Wildman–Crippen MR) is 244 cm³/mol. The topological polar surface area (TPSA) is 169 Å². The van der Waals surface area contributed by atoms with Crippen LogP contribution >= 0.6 is 11.3 Å². The number of rotatable bonds is 10. The summed E-state index contributed by atoms with van der Waals surface area (Å²) in [7, 11) is 1.27. The number of thiophene rings is 1. The van der Waals surface area contributed by atoms with E-state index in [-0.39, 0.29) is 49.1 Å². The van der Waals surface area contributed by atoms with Gasteiger partial charge in [-0.15, -0.1) is 11.3 Å². The number of carbonyl (C=O) groups excluding carboxylic acids is 3. The summed E-state index contributed by atoms with van der Waals surface area (Å²) in [4.78, 5) is 58.0. The molecule has 6 heterocycles. The van der Waals surface area contributed by atoms with Crippen LogP contribution in [0.2, 0.25) is 0 Å². The van der Waals surface area contributed by atoms with Crippen LogP contribution in [0, 0.1) is 31.5 Å². The van der Waals surface area contributed by atoms with Crippen molar-refractivity contribution in [3.05, 3.63) is 81.2 Å². The maximum absolute atomic E-state index is 16.8. The number of amides is 3. The molecule has 6 unspecified atom stereocenters. The lowest BCUT2D eigenvalue weighted by atomic mass is 10.0. The summed E-state index contributed by atoms with van der Waals surface area (Å²) in [5.41, 5.74) is 11.5. The van der Waals surface area contributed by atoms with Gasteiger partial charge in [0.1, 0.15) is 29.0 Å². The zero-order valence-corrected chi connectivity index (χ0v) is 38.5. The van der Waals surface area contributed by atoms with Crippen LogP contribution in [0.1, 0.15) is 99.3 Å².